The first-order valence-electron chi connectivity index (χ1n) is 10.9. The van der Waals surface area contributed by atoms with Gasteiger partial charge in [0, 0.05) is 29.9 Å². The van der Waals surface area contributed by atoms with E-state index in [1.54, 1.807) is 12.1 Å². The molecule has 1 fully saturated rings. The zero-order valence-corrected chi connectivity index (χ0v) is 17.6. The second kappa shape index (κ2) is 8.88. The van der Waals surface area contributed by atoms with Crippen LogP contribution in [0.25, 0.3) is 22.0 Å². The quantitative estimate of drug-likeness (QED) is 0.468. The van der Waals surface area contributed by atoms with Gasteiger partial charge < -0.3 is 5.32 Å². The van der Waals surface area contributed by atoms with E-state index in [2.05, 4.69) is 31.5 Å². The molecule has 2 N–H and O–H groups in total. The number of hydrogen-bond acceptors (Lipinski definition) is 4. The molecular formula is C25H24FN5O. The molecule has 2 aromatic heterocycles. The number of piperidine rings is 1. The molecule has 0 atom stereocenters. The van der Waals surface area contributed by atoms with Gasteiger partial charge in [-0.15, -0.1) is 0 Å². The highest BCUT2D eigenvalue weighted by Gasteiger charge is 2.17. The molecule has 7 heteroatoms. The number of fused-ring (bicyclic) bond motifs is 1. The lowest BCUT2D eigenvalue weighted by Crippen LogP contribution is -2.29. The highest BCUT2D eigenvalue weighted by atomic mass is 19.1. The minimum atomic E-state index is -0.488. The van der Waals surface area contributed by atoms with Crippen LogP contribution in [0.1, 0.15) is 35.3 Å². The monoisotopic (exact) mass is 429 g/mol. The highest BCUT2D eigenvalue weighted by molar-refractivity contribution is 6.11. The zero-order chi connectivity index (χ0) is 21.9. The van der Waals surface area contributed by atoms with E-state index in [1.165, 1.54) is 37.0 Å². The fourth-order valence-corrected chi connectivity index (χ4v) is 4.22. The van der Waals surface area contributed by atoms with Gasteiger partial charge in [-0.25, -0.2) is 4.39 Å². The predicted molar refractivity (Wildman–Crippen MR) is 123 cm³/mol. The van der Waals surface area contributed by atoms with Crippen LogP contribution in [0.5, 0.6) is 0 Å². The van der Waals surface area contributed by atoms with Crippen LogP contribution in [0, 0.1) is 5.82 Å². The van der Waals surface area contributed by atoms with E-state index in [1.807, 2.05) is 30.6 Å². The number of carbonyl (C=O) groups excluding carboxylic acids is 1. The number of carbonyl (C=O) groups is 1. The third-order valence-electron chi connectivity index (χ3n) is 5.88. The Labute approximate surface area is 185 Å². The standard InChI is InChI=1S/C25H24FN5O/c26-21-6-2-3-7-23(21)28-25(32)24-20-13-18(8-9-22(20)29-30-24)19-12-17(14-27-15-19)16-31-10-4-1-5-11-31/h2-3,6-9,12-15H,1,4-5,10-11,16H2,(H,28,32)(H,29,30). The number of aromatic nitrogens is 3. The summed E-state index contributed by atoms with van der Waals surface area (Å²) >= 11 is 0. The normalized spacial score (nSPS) is 14.5. The van der Waals surface area contributed by atoms with E-state index in [0.29, 0.717) is 5.39 Å². The Morgan fingerprint density at radius 3 is 2.72 bits per heavy atom. The van der Waals surface area contributed by atoms with Gasteiger partial charge in [0.1, 0.15) is 5.82 Å². The van der Waals surface area contributed by atoms with Crippen molar-refractivity contribution in [3.8, 4) is 11.1 Å². The molecule has 2 aromatic carbocycles. The van der Waals surface area contributed by atoms with Gasteiger partial charge in [-0.2, -0.15) is 5.10 Å². The van der Waals surface area contributed by atoms with Crippen LogP contribution in [-0.4, -0.2) is 39.1 Å². The van der Waals surface area contributed by atoms with Crippen LogP contribution in [-0.2, 0) is 6.54 Å². The first kappa shape index (κ1) is 20.3. The number of amides is 1. The topological polar surface area (TPSA) is 73.9 Å². The fraction of sp³-hybridized carbons (Fsp3) is 0.240. The molecule has 0 aliphatic carbocycles. The molecule has 6 nitrogen and oxygen atoms in total. The van der Waals surface area contributed by atoms with Crippen molar-refractivity contribution in [3.05, 3.63) is 78.0 Å². The van der Waals surface area contributed by atoms with Crippen molar-refractivity contribution in [1.29, 1.82) is 0 Å². The van der Waals surface area contributed by atoms with Gasteiger partial charge in [0.25, 0.3) is 5.91 Å². The summed E-state index contributed by atoms with van der Waals surface area (Å²) in [4.78, 5) is 19.7. The first-order valence-corrected chi connectivity index (χ1v) is 10.9. The first-order chi connectivity index (χ1) is 15.7. The van der Waals surface area contributed by atoms with Crippen LogP contribution < -0.4 is 5.32 Å². The number of benzene rings is 2. The number of nitrogens with one attached hydrogen (secondary N) is 2. The van der Waals surface area contributed by atoms with Crippen LogP contribution in [0.3, 0.4) is 0 Å². The largest absolute Gasteiger partial charge is 0.318 e. The average molecular weight is 429 g/mol. The average Bonchev–Trinajstić information content (AvgIpc) is 3.25. The van der Waals surface area contributed by atoms with Gasteiger partial charge in [0.15, 0.2) is 5.69 Å². The summed E-state index contributed by atoms with van der Waals surface area (Å²) in [6, 6.07) is 14.0. The van der Waals surface area contributed by atoms with Crippen molar-refractivity contribution in [1.82, 2.24) is 20.1 Å². The molecular weight excluding hydrogens is 405 g/mol. The van der Waals surface area contributed by atoms with Crippen LogP contribution >= 0.6 is 0 Å². The maximum absolute atomic E-state index is 13.9. The maximum atomic E-state index is 13.9. The highest BCUT2D eigenvalue weighted by Crippen LogP contribution is 2.27. The van der Waals surface area contributed by atoms with E-state index in [0.717, 1.165) is 36.3 Å². The van der Waals surface area contributed by atoms with Gasteiger partial charge in [0.2, 0.25) is 0 Å². The SMILES string of the molecule is O=C(Nc1ccccc1F)c1n[nH]c2ccc(-c3cncc(CN4CCCCC4)c3)cc12. The molecule has 1 aliphatic heterocycles. The lowest BCUT2D eigenvalue weighted by molar-refractivity contribution is 0.102. The molecule has 0 saturated carbocycles. The van der Waals surface area contributed by atoms with E-state index in [-0.39, 0.29) is 11.4 Å². The van der Waals surface area contributed by atoms with E-state index < -0.39 is 11.7 Å². The Bertz CT molecular complexity index is 1260. The lowest BCUT2D eigenvalue weighted by Gasteiger charge is -2.26. The molecule has 1 saturated heterocycles. The number of pyridine rings is 1. The van der Waals surface area contributed by atoms with Crippen molar-refractivity contribution >= 4 is 22.5 Å². The minimum Gasteiger partial charge on any atom is -0.318 e. The molecule has 0 radical (unpaired) electrons. The van der Waals surface area contributed by atoms with Gasteiger partial charge in [-0.3, -0.25) is 19.8 Å². The van der Waals surface area contributed by atoms with Crippen molar-refractivity contribution in [2.24, 2.45) is 0 Å². The number of anilines is 1. The molecule has 5 rings (SSSR count). The lowest BCUT2D eigenvalue weighted by atomic mass is 10.0. The number of likely N-dealkylation sites (tertiary alicyclic amines) is 1. The Morgan fingerprint density at radius 1 is 1.03 bits per heavy atom. The molecule has 1 aliphatic rings. The number of halogens is 1. The van der Waals surface area contributed by atoms with Gasteiger partial charge in [-0.1, -0.05) is 24.6 Å². The molecule has 32 heavy (non-hydrogen) atoms. The summed E-state index contributed by atoms with van der Waals surface area (Å²) < 4.78 is 13.9. The maximum Gasteiger partial charge on any atom is 0.276 e. The summed E-state index contributed by atoms with van der Waals surface area (Å²) in [5.41, 5.74) is 4.20. The van der Waals surface area contributed by atoms with Gasteiger partial charge in [-0.05, 0) is 67.4 Å². The third-order valence-corrected chi connectivity index (χ3v) is 5.88. The number of aromatic amines is 1. The summed E-state index contributed by atoms with van der Waals surface area (Å²) in [7, 11) is 0. The smallest absolute Gasteiger partial charge is 0.276 e. The molecule has 1 amide bonds. The number of hydrogen-bond donors (Lipinski definition) is 2. The van der Waals surface area contributed by atoms with Crippen molar-refractivity contribution < 1.29 is 9.18 Å². The summed E-state index contributed by atoms with van der Waals surface area (Å²) in [5, 5.41) is 10.3. The number of rotatable bonds is 5. The second-order valence-corrected chi connectivity index (χ2v) is 8.19. The number of H-pyrrole nitrogens is 1. The van der Waals surface area contributed by atoms with E-state index in [4.69, 9.17) is 0 Å². The zero-order valence-electron chi connectivity index (χ0n) is 17.6. The Hall–Kier alpha value is -3.58. The van der Waals surface area contributed by atoms with Crippen molar-refractivity contribution in [2.75, 3.05) is 18.4 Å². The summed E-state index contributed by atoms with van der Waals surface area (Å²) in [6.07, 6.45) is 7.57. The van der Waals surface area contributed by atoms with Crippen molar-refractivity contribution in [2.45, 2.75) is 25.8 Å². The molecule has 0 spiro atoms. The Kier molecular flexibility index (Phi) is 5.64. The Morgan fingerprint density at radius 2 is 1.88 bits per heavy atom. The van der Waals surface area contributed by atoms with Gasteiger partial charge in [0.05, 0.1) is 11.2 Å². The third kappa shape index (κ3) is 4.24. The van der Waals surface area contributed by atoms with Crippen LogP contribution in [0.4, 0.5) is 10.1 Å². The molecule has 162 valence electrons. The molecule has 4 aromatic rings. The van der Waals surface area contributed by atoms with Crippen LogP contribution in [0.2, 0.25) is 0 Å². The predicted octanol–water partition coefficient (Wildman–Crippen LogP) is 5.00. The van der Waals surface area contributed by atoms with Gasteiger partial charge >= 0.3 is 0 Å². The van der Waals surface area contributed by atoms with E-state index >= 15 is 0 Å². The summed E-state index contributed by atoms with van der Waals surface area (Å²) in [6.45, 7) is 3.16. The summed E-state index contributed by atoms with van der Waals surface area (Å²) in [5.74, 6) is -0.951. The number of nitrogens with zero attached hydrogens (tertiary/aromatic N) is 3. The fourth-order valence-electron chi connectivity index (χ4n) is 4.22. The molecule has 3 heterocycles. The Balaban J connectivity index is 1.42. The van der Waals surface area contributed by atoms with Crippen molar-refractivity contribution in [3.63, 3.8) is 0 Å². The second-order valence-electron chi connectivity index (χ2n) is 8.19. The van der Waals surface area contributed by atoms with E-state index in [9.17, 15) is 9.18 Å². The molecule has 0 unspecified atom stereocenters. The van der Waals surface area contributed by atoms with Crippen LogP contribution in [0.15, 0.2) is 60.9 Å². The molecule has 0 bridgehead atoms. The minimum absolute atomic E-state index is 0.124. The number of para-hydroxylation sites is 1.